The predicted octanol–water partition coefficient (Wildman–Crippen LogP) is 3.42. The molecule has 0 aliphatic carbocycles. The molecule has 0 fully saturated rings. The van der Waals surface area contributed by atoms with E-state index in [1.807, 2.05) is 22.9 Å². The van der Waals surface area contributed by atoms with Crippen LogP contribution >= 0.6 is 34.0 Å². The van der Waals surface area contributed by atoms with Crippen molar-refractivity contribution in [3.05, 3.63) is 45.3 Å². The second-order valence-electron chi connectivity index (χ2n) is 5.62. The first kappa shape index (κ1) is 17.0. The van der Waals surface area contributed by atoms with Crippen LogP contribution in [0.4, 0.5) is 0 Å². The van der Waals surface area contributed by atoms with Crippen LogP contribution in [0.1, 0.15) is 4.88 Å². The Morgan fingerprint density at radius 1 is 1.07 bits per heavy atom. The Morgan fingerprint density at radius 2 is 1.93 bits per heavy atom. The van der Waals surface area contributed by atoms with E-state index >= 15 is 0 Å². The van der Waals surface area contributed by atoms with Gasteiger partial charge in [0, 0.05) is 17.0 Å². The normalized spacial score (nSPS) is 12.3. The number of rotatable bonds is 4. The van der Waals surface area contributed by atoms with Crippen molar-refractivity contribution < 1.29 is 8.42 Å². The van der Waals surface area contributed by atoms with Gasteiger partial charge in [0.25, 0.3) is 0 Å². The molecule has 0 amide bonds. The maximum atomic E-state index is 13.0. The first-order chi connectivity index (χ1) is 13.1. The lowest BCUT2D eigenvalue weighted by Crippen LogP contribution is -2.03. The van der Waals surface area contributed by atoms with Crippen LogP contribution in [0, 0.1) is 0 Å². The summed E-state index contributed by atoms with van der Waals surface area (Å²) in [6, 6.07) is 7.10. The summed E-state index contributed by atoms with van der Waals surface area (Å²) in [6.45, 7) is 0.393. The van der Waals surface area contributed by atoms with Crippen LogP contribution in [0.15, 0.2) is 49.6 Å². The molecule has 0 aromatic carbocycles. The fraction of sp³-hybridized carbons (Fsp3) is 0.0625. The standard InChI is InChI=1S/C16H11N5O2S4/c17-8-11-9(3-6-24-11)13-14-10(4-7-26-14)21-15(18-13)16(19-20-21)27(22,23)12-2-1-5-25-12/h1-7H,8,17H2. The van der Waals surface area contributed by atoms with Crippen molar-refractivity contribution in [2.75, 3.05) is 0 Å². The highest BCUT2D eigenvalue weighted by Crippen LogP contribution is 2.37. The lowest BCUT2D eigenvalue weighted by molar-refractivity contribution is 0.594. The summed E-state index contributed by atoms with van der Waals surface area (Å²) in [7, 11) is -3.79. The van der Waals surface area contributed by atoms with Gasteiger partial charge in [-0.3, -0.25) is 0 Å². The van der Waals surface area contributed by atoms with Crippen molar-refractivity contribution >= 4 is 59.7 Å². The topological polar surface area (TPSA) is 103 Å². The van der Waals surface area contributed by atoms with E-state index < -0.39 is 9.84 Å². The van der Waals surface area contributed by atoms with Gasteiger partial charge in [-0.05, 0) is 34.3 Å². The summed E-state index contributed by atoms with van der Waals surface area (Å²) in [4.78, 5) is 5.68. The van der Waals surface area contributed by atoms with E-state index in [9.17, 15) is 8.42 Å². The van der Waals surface area contributed by atoms with Gasteiger partial charge in [0.15, 0.2) is 5.65 Å². The highest BCUT2D eigenvalue weighted by molar-refractivity contribution is 7.93. The zero-order valence-corrected chi connectivity index (χ0v) is 16.8. The molecule has 0 saturated heterocycles. The molecule has 5 rings (SSSR count). The minimum absolute atomic E-state index is 0.135. The van der Waals surface area contributed by atoms with Crippen LogP contribution in [0.3, 0.4) is 0 Å². The van der Waals surface area contributed by atoms with Crippen LogP contribution in [0.2, 0.25) is 0 Å². The molecule has 7 nitrogen and oxygen atoms in total. The molecule has 2 N–H and O–H groups in total. The minimum Gasteiger partial charge on any atom is -0.326 e. The third-order valence-electron chi connectivity index (χ3n) is 4.12. The van der Waals surface area contributed by atoms with Crippen molar-refractivity contribution in [3.8, 4) is 11.3 Å². The van der Waals surface area contributed by atoms with E-state index in [0.717, 1.165) is 32.0 Å². The number of thiophene rings is 3. The fourth-order valence-electron chi connectivity index (χ4n) is 2.90. The van der Waals surface area contributed by atoms with Crippen molar-refractivity contribution in [1.29, 1.82) is 0 Å². The smallest absolute Gasteiger partial charge is 0.238 e. The van der Waals surface area contributed by atoms with E-state index in [2.05, 4.69) is 15.3 Å². The van der Waals surface area contributed by atoms with Crippen LogP contribution in [0.25, 0.3) is 27.1 Å². The molecule has 27 heavy (non-hydrogen) atoms. The summed E-state index contributed by atoms with van der Waals surface area (Å²) in [5.74, 6) is 0. The van der Waals surface area contributed by atoms with Crippen LogP contribution in [-0.4, -0.2) is 28.2 Å². The first-order valence-electron chi connectivity index (χ1n) is 7.79. The molecule has 136 valence electrons. The highest BCUT2D eigenvalue weighted by Gasteiger charge is 2.28. The van der Waals surface area contributed by atoms with Crippen LogP contribution < -0.4 is 5.73 Å². The van der Waals surface area contributed by atoms with Gasteiger partial charge in [-0.1, -0.05) is 11.3 Å². The second kappa shape index (κ2) is 6.17. The number of sulfone groups is 1. The summed E-state index contributed by atoms with van der Waals surface area (Å²) >= 11 is 4.23. The Bertz CT molecular complexity index is 1380. The van der Waals surface area contributed by atoms with Gasteiger partial charge in [0.05, 0.1) is 15.9 Å². The zero-order valence-electron chi connectivity index (χ0n) is 13.6. The Balaban J connectivity index is 1.86. The molecule has 0 spiro atoms. The molecule has 0 bridgehead atoms. The summed E-state index contributed by atoms with van der Waals surface area (Å²) in [5, 5.41) is 13.5. The van der Waals surface area contributed by atoms with Gasteiger partial charge in [0.2, 0.25) is 14.9 Å². The van der Waals surface area contributed by atoms with Gasteiger partial charge >= 0.3 is 0 Å². The molecule has 0 radical (unpaired) electrons. The summed E-state index contributed by atoms with van der Waals surface area (Å²) < 4.78 is 28.6. The van der Waals surface area contributed by atoms with Gasteiger partial charge in [-0.15, -0.1) is 39.1 Å². The van der Waals surface area contributed by atoms with Crippen molar-refractivity contribution in [2.24, 2.45) is 5.73 Å². The maximum Gasteiger partial charge on any atom is 0.238 e. The van der Waals surface area contributed by atoms with E-state index in [4.69, 9.17) is 5.73 Å². The maximum absolute atomic E-state index is 13.0. The monoisotopic (exact) mass is 433 g/mol. The third-order valence-corrected chi connectivity index (χ3v) is 9.02. The largest absolute Gasteiger partial charge is 0.326 e. The molecule has 5 heterocycles. The highest BCUT2D eigenvalue weighted by atomic mass is 32.2. The average molecular weight is 434 g/mol. The molecular formula is C16H11N5O2S4. The molecule has 0 saturated carbocycles. The number of aromatic nitrogens is 4. The van der Waals surface area contributed by atoms with Gasteiger partial charge in [-0.25, -0.2) is 13.4 Å². The molecule has 0 aliphatic rings. The minimum atomic E-state index is -3.79. The van der Waals surface area contributed by atoms with Gasteiger partial charge in [0.1, 0.15) is 4.21 Å². The first-order valence-corrected chi connectivity index (χ1v) is 11.9. The summed E-state index contributed by atoms with van der Waals surface area (Å²) in [5.41, 5.74) is 8.49. The van der Waals surface area contributed by atoms with Gasteiger partial charge in [-0.2, -0.15) is 4.52 Å². The third kappa shape index (κ3) is 2.47. The quantitative estimate of drug-likeness (QED) is 0.466. The molecule has 0 aliphatic heterocycles. The van der Waals surface area contributed by atoms with E-state index in [1.165, 1.54) is 15.9 Å². The Kier molecular flexibility index (Phi) is 3.88. The number of nitrogens with two attached hydrogens (primary N) is 1. The molecule has 5 aromatic rings. The molecular weight excluding hydrogens is 422 g/mol. The molecule has 11 heteroatoms. The van der Waals surface area contributed by atoms with E-state index in [1.54, 1.807) is 28.8 Å². The Morgan fingerprint density at radius 3 is 2.70 bits per heavy atom. The number of hydrogen-bond donors (Lipinski definition) is 1. The molecule has 5 aromatic heterocycles. The van der Waals surface area contributed by atoms with E-state index in [0.29, 0.717) is 12.2 Å². The van der Waals surface area contributed by atoms with Crippen LogP contribution in [-0.2, 0) is 16.4 Å². The van der Waals surface area contributed by atoms with Crippen LogP contribution in [0.5, 0.6) is 0 Å². The predicted molar refractivity (Wildman–Crippen MR) is 107 cm³/mol. The zero-order chi connectivity index (χ0) is 18.6. The van der Waals surface area contributed by atoms with Crippen molar-refractivity contribution in [3.63, 3.8) is 0 Å². The molecule has 0 atom stereocenters. The van der Waals surface area contributed by atoms with Crippen molar-refractivity contribution in [1.82, 2.24) is 19.8 Å². The number of nitrogens with zero attached hydrogens (tertiary/aromatic N) is 4. The SMILES string of the molecule is NCc1sccc1-c1nc2c(S(=O)(=O)c3cccs3)nnn2c2ccsc12. The lowest BCUT2D eigenvalue weighted by atomic mass is 10.1. The number of hydrogen-bond acceptors (Lipinski definition) is 9. The van der Waals surface area contributed by atoms with Crippen molar-refractivity contribution in [2.45, 2.75) is 15.8 Å². The summed E-state index contributed by atoms with van der Waals surface area (Å²) in [6.07, 6.45) is 0. The second-order valence-corrected chi connectivity index (χ2v) is 10.6. The fourth-order valence-corrected chi connectivity index (χ4v) is 6.86. The van der Waals surface area contributed by atoms with Gasteiger partial charge < -0.3 is 5.73 Å². The Labute approximate surface area is 165 Å². The lowest BCUT2D eigenvalue weighted by Gasteiger charge is -2.05. The number of fused-ring (bicyclic) bond motifs is 3. The average Bonchev–Trinajstić information content (AvgIpc) is 3.47. The Hall–Kier alpha value is -2.18. The van der Waals surface area contributed by atoms with E-state index in [-0.39, 0.29) is 14.9 Å². The molecule has 0 unspecified atom stereocenters.